The van der Waals surface area contributed by atoms with Gasteiger partial charge in [0.05, 0.1) is 0 Å². The quantitative estimate of drug-likeness (QED) is 0.142. The molecule has 2 aliphatic rings. The van der Waals surface area contributed by atoms with Gasteiger partial charge in [-0.1, -0.05) is 112 Å². The van der Waals surface area contributed by atoms with Gasteiger partial charge in [0.25, 0.3) is 0 Å². The summed E-state index contributed by atoms with van der Waals surface area (Å²) in [5, 5.41) is 1.60. The molecule has 0 amide bonds. The van der Waals surface area contributed by atoms with Crippen molar-refractivity contribution < 1.29 is 24.2 Å². The number of aryl methyl sites for hydroxylation is 1. The Morgan fingerprint density at radius 1 is 0.833 bits per heavy atom. The predicted octanol–water partition coefficient (Wildman–Crippen LogP) is 11.1. The van der Waals surface area contributed by atoms with E-state index in [1.165, 1.54) is 68.8 Å². The second-order valence-corrected chi connectivity index (χ2v) is 19.3. The summed E-state index contributed by atoms with van der Waals surface area (Å²) >= 11 is 1.30. The summed E-state index contributed by atoms with van der Waals surface area (Å²) in [7, 11) is -1.07. The zero-order valence-electron chi connectivity index (χ0n) is 28.8. The average Bonchev–Trinajstić information content (AvgIpc) is 3.43. The summed E-state index contributed by atoms with van der Waals surface area (Å²) in [5.41, 5.74) is 11.4. The zero-order valence-corrected chi connectivity index (χ0v) is 32.2. The van der Waals surface area contributed by atoms with E-state index >= 15 is 0 Å². The van der Waals surface area contributed by atoms with Crippen molar-refractivity contribution >= 4 is 12.3 Å². The van der Waals surface area contributed by atoms with Crippen LogP contribution < -0.4 is 0 Å². The van der Waals surface area contributed by atoms with Gasteiger partial charge in [-0.25, -0.2) is 10.8 Å². The largest absolute Gasteiger partial charge is 0.358 e. The minimum absolute atomic E-state index is 0. The third-order valence-electron chi connectivity index (χ3n) is 7.42. The minimum Gasteiger partial charge on any atom is -0.358 e. The molecule has 0 heterocycles. The van der Waals surface area contributed by atoms with Crippen LogP contribution in [0.4, 0.5) is 0 Å². The molecule has 0 spiro atoms. The van der Waals surface area contributed by atoms with Crippen LogP contribution in [0.1, 0.15) is 83.2 Å². The molecule has 0 aromatic heterocycles. The minimum atomic E-state index is -1.07. The smallest absolute Gasteiger partial charge is 0.358 e. The molecule has 226 valence electrons. The Labute approximate surface area is 276 Å². The van der Waals surface area contributed by atoms with Crippen LogP contribution in [0.25, 0.3) is 11.1 Å². The van der Waals surface area contributed by atoms with Crippen molar-refractivity contribution in [2.24, 2.45) is 5.92 Å². The summed E-state index contributed by atoms with van der Waals surface area (Å²) in [6.45, 7) is 27.2. The fourth-order valence-electron chi connectivity index (χ4n) is 5.15. The molecule has 42 heavy (non-hydrogen) atoms. The normalized spacial score (nSPS) is 15.1. The number of hydrogen-bond donors (Lipinski definition) is 0. The topological polar surface area (TPSA) is 0 Å². The molecule has 2 aliphatic carbocycles. The first-order valence-corrected chi connectivity index (χ1v) is 20.0. The van der Waals surface area contributed by atoms with E-state index in [0.717, 1.165) is 6.42 Å². The molecule has 3 aromatic rings. The van der Waals surface area contributed by atoms with Crippen molar-refractivity contribution in [3.05, 3.63) is 125 Å². The monoisotopic (exact) mass is 652 g/mol. The molecule has 1 atom stereocenters. The van der Waals surface area contributed by atoms with Gasteiger partial charge in [-0.2, -0.15) is 65.7 Å². The molecule has 0 saturated carbocycles. The maximum absolute atomic E-state index is 3.67. The fraction of sp³-hybridized carbons (Fsp3) is 0.400. The Morgan fingerprint density at radius 2 is 1.40 bits per heavy atom. The second kappa shape index (κ2) is 15.7. The van der Waals surface area contributed by atoms with E-state index in [-0.39, 0.29) is 18.3 Å². The van der Waals surface area contributed by atoms with E-state index in [4.69, 9.17) is 0 Å². The molecule has 0 nitrogen and oxygen atoms in total. The van der Waals surface area contributed by atoms with Gasteiger partial charge < -0.3 is 7.43 Å². The van der Waals surface area contributed by atoms with Crippen LogP contribution in [-0.2, 0) is 41.5 Å². The van der Waals surface area contributed by atoms with Gasteiger partial charge >= 0.3 is 28.4 Å². The first-order valence-electron chi connectivity index (χ1n) is 14.8. The van der Waals surface area contributed by atoms with Gasteiger partial charge in [-0.05, 0) is 36.5 Å². The third kappa shape index (κ3) is 10.7. The molecule has 0 saturated heterocycles. The van der Waals surface area contributed by atoms with Crippen LogP contribution in [0, 0.1) is 38.5 Å². The van der Waals surface area contributed by atoms with Crippen molar-refractivity contribution in [2.45, 2.75) is 99.2 Å². The summed E-state index contributed by atoms with van der Waals surface area (Å²) in [4.78, 5) is 0. The molecule has 5 rings (SSSR count). The van der Waals surface area contributed by atoms with Gasteiger partial charge in [-0.15, -0.1) is 11.1 Å². The first-order chi connectivity index (χ1) is 19.0. The molecule has 0 bridgehead atoms. The van der Waals surface area contributed by atoms with Gasteiger partial charge in [-0.3, -0.25) is 6.08 Å². The first kappa shape index (κ1) is 38.1. The molecule has 0 fully saturated rings. The Hall–Kier alpha value is -1.89. The summed E-state index contributed by atoms with van der Waals surface area (Å²) in [6.07, 6.45) is 6.83. The molecule has 0 N–H and O–H groups in total. The Bertz CT molecular complexity index is 1290. The van der Waals surface area contributed by atoms with Crippen molar-refractivity contribution in [3.8, 4) is 11.1 Å². The predicted molar refractivity (Wildman–Crippen MR) is 187 cm³/mol. The van der Waals surface area contributed by atoms with Gasteiger partial charge in [0.15, 0.2) is 0 Å². The third-order valence-corrected chi connectivity index (χ3v) is 9.58. The number of benzene rings is 3. The summed E-state index contributed by atoms with van der Waals surface area (Å²) in [6, 6.07) is 26.0. The fourth-order valence-corrected chi connectivity index (χ4v) is 7.09. The summed E-state index contributed by atoms with van der Waals surface area (Å²) in [5.74, 6) is 0.553. The van der Waals surface area contributed by atoms with Crippen molar-refractivity contribution in [3.63, 3.8) is 0 Å². The van der Waals surface area contributed by atoms with E-state index in [1.54, 1.807) is 5.20 Å². The maximum atomic E-state index is 3.67. The zero-order chi connectivity index (χ0) is 31.2. The van der Waals surface area contributed by atoms with E-state index in [0.29, 0.717) is 5.92 Å². The van der Waals surface area contributed by atoms with Crippen LogP contribution in [0.5, 0.6) is 0 Å². The molecular formula is C40H54SiZr-4. The van der Waals surface area contributed by atoms with Crippen LogP contribution in [0.3, 0.4) is 0 Å². The van der Waals surface area contributed by atoms with Crippen LogP contribution in [0.15, 0.2) is 71.4 Å². The maximum Gasteiger partial charge on any atom is -0.358 e. The molecule has 0 radical (unpaired) electrons. The molecule has 3 aromatic carbocycles. The van der Waals surface area contributed by atoms with E-state index in [2.05, 4.69) is 141 Å². The number of rotatable bonds is 1. The van der Waals surface area contributed by atoms with Gasteiger partial charge in [0.1, 0.15) is 0 Å². The molecule has 1 unspecified atom stereocenters. The molecule has 0 aliphatic heterocycles. The summed E-state index contributed by atoms with van der Waals surface area (Å²) < 4.78 is 3.34. The Kier molecular flexibility index (Phi) is 14.3. The SMILES string of the molecule is CC(C)(C)c1[c-]c2c(cc1)-c1ccc(C(C)(C)C)cc1C2.CC1=[C-]C(C)C=C1[Si](C)(C)C.Cc1cc[c-]cc1.[CH2]=[Zr].[CH3-]. The van der Waals surface area contributed by atoms with Gasteiger partial charge in [0.2, 0.25) is 0 Å². The number of fused-ring (bicyclic) bond motifs is 3. The van der Waals surface area contributed by atoms with Crippen LogP contribution >= 0.6 is 0 Å². The number of allylic oxidation sites excluding steroid dienone is 4. The molecule has 2 heteroatoms. The van der Waals surface area contributed by atoms with Crippen molar-refractivity contribution in [1.29, 1.82) is 0 Å². The van der Waals surface area contributed by atoms with E-state index in [1.807, 2.05) is 24.3 Å². The second-order valence-electron chi connectivity index (χ2n) is 14.3. The van der Waals surface area contributed by atoms with E-state index < -0.39 is 8.07 Å². The standard InChI is InChI=1S/C21H25.C10H17Si.C7H7.CH3.CH2.Zr/c1-20(2,3)16-7-9-18-14(12-16)11-15-13-17(21(4,5)6)8-10-19(15)18;1-8-6-9(2)10(7-8)11(3,4)5;1-7-5-3-2-4-6-7;;;/h7-10,12H,11H2,1-6H3;7-8H,1-5H3;3-6H,1H3;1H3;1H2;/q4*-1;;. The Balaban J connectivity index is 0.000000352. The van der Waals surface area contributed by atoms with Gasteiger partial charge in [0, 0.05) is 0 Å². The molecular weight excluding hydrogens is 600 g/mol. The van der Waals surface area contributed by atoms with Crippen molar-refractivity contribution in [1.82, 2.24) is 0 Å². The van der Waals surface area contributed by atoms with Crippen LogP contribution in [0.2, 0.25) is 19.6 Å². The Morgan fingerprint density at radius 3 is 1.81 bits per heavy atom. The van der Waals surface area contributed by atoms with Crippen molar-refractivity contribution in [2.75, 3.05) is 0 Å². The average molecular weight is 654 g/mol. The van der Waals surface area contributed by atoms with E-state index in [9.17, 15) is 0 Å². The van der Waals surface area contributed by atoms with Crippen LogP contribution in [-0.4, -0.2) is 12.3 Å². The number of hydrogen-bond acceptors (Lipinski definition) is 0.